The van der Waals surface area contributed by atoms with Gasteiger partial charge >= 0.3 is 5.97 Å². The maximum Gasteiger partial charge on any atom is 0.337 e. The largest absolute Gasteiger partial charge is 0.478 e. The highest BCUT2D eigenvalue weighted by molar-refractivity contribution is 7.99. The van der Waals surface area contributed by atoms with Gasteiger partial charge in [0.15, 0.2) is 5.16 Å². The summed E-state index contributed by atoms with van der Waals surface area (Å²) in [6, 6.07) is 5.12. The maximum absolute atomic E-state index is 10.9. The second-order valence-electron chi connectivity index (χ2n) is 4.12. The minimum atomic E-state index is -0.968. The number of hydrogen-bond acceptors (Lipinski definition) is 5. The van der Waals surface area contributed by atoms with Crippen LogP contribution in [0.15, 0.2) is 28.4 Å². The zero-order valence-electron chi connectivity index (χ0n) is 10.8. The first-order valence-electron chi connectivity index (χ1n) is 5.67. The molecule has 2 heterocycles. The van der Waals surface area contributed by atoms with Crippen LogP contribution in [0.3, 0.4) is 0 Å². The average Bonchev–Trinajstić information content (AvgIpc) is 2.26. The van der Waals surface area contributed by atoms with E-state index in [0.717, 1.165) is 11.4 Å². The number of aromatic nitrogens is 3. The number of carboxylic acids is 1. The van der Waals surface area contributed by atoms with E-state index in [0.29, 0.717) is 15.9 Å². The van der Waals surface area contributed by atoms with Gasteiger partial charge in [-0.3, -0.25) is 0 Å². The summed E-state index contributed by atoms with van der Waals surface area (Å²) < 4.78 is 0. The summed E-state index contributed by atoms with van der Waals surface area (Å²) in [4.78, 5) is 23.8. The van der Waals surface area contributed by atoms with Crippen molar-refractivity contribution in [1.29, 1.82) is 0 Å². The van der Waals surface area contributed by atoms with Crippen LogP contribution in [0.2, 0.25) is 0 Å². The second-order valence-corrected chi connectivity index (χ2v) is 5.11. The monoisotopic (exact) mass is 275 g/mol. The molecule has 5 nitrogen and oxygen atoms in total. The van der Waals surface area contributed by atoms with Crippen LogP contribution in [0.25, 0.3) is 0 Å². The Hall–Kier alpha value is -1.95. The van der Waals surface area contributed by atoms with Crippen molar-refractivity contribution in [2.24, 2.45) is 0 Å². The van der Waals surface area contributed by atoms with Crippen molar-refractivity contribution < 1.29 is 9.90 Å². The van der Waals surface area contributed by atoms with E-state index in [1.807, 2.05) is 19.9 Å². The molecular formula is C13H13N3O2S. The van der Waals surface area contributed by atoms with Crippen molar-refractivity contribution in [3.05, 3.63) is 40.8 Å². The van der Waals surface area contributed by atoms with Gasteiger partial charge in [-0.25, -0.2) is 19.7 Å². The first-order chi connectivity index (χ1) is 8.95. The van der Waals surface area contributed by atoms with Gasteiger partial charge in [0.05, 0.1) is 11.3 Å². The molecular weight excluding hydrogens is 262 g/mol. The van der Waals surface area contributed by atoms with E-state index >= 15 is 0 Å². The standard InChI is InChI=1S/C13H13N3O2S/c1-7-6-8(2)15-13(14-7)19-11-5-4-10(12(17)18)9(3)16-11/h4-6H,1-3H3,(H,17,18). The summed E-state index contributed by atoms with van der Waals surface area (Å²) in [6.45, 7) is 5.49. The Morgan fingerprint density at radius 2 is 1.74 bits per heavy atom. The van der Waals surface area contributed by atoms with Crippen LogP contribution in [0.4, 0.5) is 0 Å². The molecule has 0 spiro atoms. The molecule has 0 atom stereocenters. The van der Waals surface area contributed by atoms with E-state index in [1.165, 1.54) is 11.8 Å². The topological polar surface area (TPSA) is 76.0 Å². The molecule has 2 aromatic rings. The number of nitrogens with zero attached hydrogens (tertiary/aromatic N) is 3. The average molecular weight is 275 g/mol. The van der Waals surface area contributed by atoms with Crippen molar-refractivity contribution >= 4 is 17.7 Å². The zero-order chi connectivity index (χ0) is 14.0. The Morgan fingerprint density at radius 1 is 1.11 bits per heavy atom. The first-order valence-corrected chi connectivity index (χ1v) is 6.48. The molecule has 19 heavy (non-hydrogen) atoms. The van der Waals surface area contributed by atoms with Gasteiger partial charge in [-0.1, -0.05) is 0 Å². The van der Waals surface area contributed by atoms with Gasteiger partial charge in [-0.2, -0.15) is 0 Å². The molecule has 0 aliphatic rings. The molecule has 0 aliphatic heterocycles. The molecule has 0 fully saturated rings. The Labute approximate surface area is 115 Å². The normalized spacial score (nSPS) is 10.5. The number of carboxylic acid groups (broad SMARTS) is 1. The fraction of sp³-hybridized carbons (Fsp3) is 0.231. The summed E-state index contributed by atoms with van der Waals surface area (Å²) >= 11 is 1.32. The van der Waals surface area contributed by atoms with Gasteiger partial charge in [0.25, 0.3) is 0 Å². The van der Waals surface area contributed by atoms with Crippen LogP contribution in [0.1, 0.15) is 27.4 Å². The predicted molar refractivity (Wildman–Crippen MR) is 71.6 cm³/mol. The van der Waals surface area contributed by atoms with E-state index in [2.05, 4.69) is 15.0 Å². The number of rotatable bonds is 3. The van der Waals surface area contributed by atoms with Crippen LogP contribution < -0.4 is 0 Å². The molecule has 2 rings (SSSR count). The first kappa shape index (κ1) is 13.5. The lowest BCUT2D eigenvalue weighted by atomic mass is 10.2. The molecule has 0 amide bonds. The van der Waals surface area contributed by atoms with Crippen LogP contribution in [-0.2, 0) is 0 Å². The van der Waals surface area contributed by atoms with Crippen LogP contribution in [0.5, 0.6) is 0 Å². The molecule has 0 saturated heterocycles. The number of hydrogen-bond donors (Lipinski definition) is 1. The van der Waals surface area contributed by atoms with Crippen molar-refractivity contribution in [1.82, 2.24) is 15.0 Å². The minimum Gasteiger partial charge on any atom is -0.478 e. The molecule has 6 heteroatoms. The predicted octanol–water partition coefficient (Wildman–Crippen LogP) is 2.65. The van der Waals surface area contributed by atoms with E-state index < -0.39 is 5.97 Å². The Balaban J connectivity index is 2.28. The summed E-state index contributed by atoms with van der Waals surface area (Å²) in [6.07, 6.45) is 0. The quantitative estimate of drug-likeness (QED) is 0.868. The lowest BCUT2D eigenvalue weighted by Gasteiger charge is -2.04. The summed E-state index contributed by atoms with van der Waals surface area (Å²) in [5, 5.41) is 10.3. The zero-order valence-corrected chi connectivity index (χ0v) is 11.7. The van der Waals surface area contributed by atoms with Gasteiger partial charge in [0, 0.05) is 11.4 Å². The van der Waals surface area contributed by atoms with Crippen LogP contribution >= 0.6 is 11.8 Å². The van der Waals surface area contributed by atoms with Crippen LogP contribution in [-0.4, -0.2) is 26.0 Å². The van der Waals surface area contributed by atoms with Crippen LogP contribution in [0, 0.1) is 20.8 Å². The van der Waals surface area contributed by atoms with E-state index in [9.17, 15) is 4.79 Å². The Morgan fingerprint density at radius 3 is 2.26 bits per heavy atom. The molecule has 0 aromatic carbocycles. The van der Waals surface area contributed by atoms with Gasteiger partial charge in [-0.15, -0.1) is 0 Å². The lowest BCUT2D eigenvalue weighted by Crippen LogP contribution is -2.02. The Kier molecular flexibility index (Phi) is 3.80. The highest BCUT2D eigenvalue weighted by Crippen LogP contribution is 2.24. The van der Waals surface area contributed by atoms with Gasteiger partial charge in [-0.05, 0) is 50.7 Å². The Bertz CT molecular complexity index is 624. The summed E-state index contributed by atoms with van der Waals surface area (Å²) in [5.41, 5.74) is 2.50. The molecule has 0 aliphatic carbocycles. The third kappa shape index (κ3) is 3.29. The molecule has 98 valence electrons. The lowest BCUT2D eigenvalue weighted by molar-refractivity contribution is 0.0695. The fourth-order valence-electron chi connectivity index (χ4n) is 1.65. The smallest absolute Gasteiger partial charge is 0.337 e. The molecule has 2 aromatic heterocycles. The third-order valence-electron chi connectivity index (χ3n) is 2.45. The molecule has 0 unspecified atom stereocenters. The van der Waals surface area contributed by atoms with Gasteiger partial charge < -0.3 is 5.11 Å². The number of aromatic carboxylic acids is 1. The summed E-state index contributed by atoms with van der Waals surface area (Å²) in [5.74, 6) is -0.968. The SMILES string of the molecule is Cc1cc(C)nc(Sc2ccc(C(=O)O)c(C)n2)n1. The molecule has 0 bridgehead atoms. The van der Waals surface area contributed by atoms with Gasteiger partial charge in [0.1, 0.15) is 5.03 Å². The van der Waals surface area contributed by atoms with E-state index in [1.54, 1.807) is 19.1 Å². The number of pyridine rings is 1. The van der Waals surface area contributed by atoms with Crippen molar-refractivity contribution in [3.8, 4) is 0 Å². The third-order valence-corrected chi connectivity index (χ3v) is 3.25. The fourth-order valence-corrected chi connectivity index (χ4v) is 2.54. The highest BCUT2D eigenvalue weighted by atomic mass is 32.2. The van der Waals surface area contributed by atoms with E-state index in [4.69, 9.17) is 5.11 Å². The minimum absolute atomic E-state index is 0.214. The molecule has 1 N–H and O–H groups in total. The second kappa shape index (κ2) is 5.36. The summed E-state index contributed by atoms with van der Waals surface area (Å²) in [7, 11) is 0. The number of aryl methyl sites for hydroxylation is 3. The van der Waals surface area contributed by atoms with Crippen molar-refractivity contribution in [3.63, 3.8) is 0 Å². The number of carbonyl (C=O) groups is 1. The van der Waals surface area contributed by atoms with Gasteiger partial charge in [0.2, 0.25) is 0 Å². The van der Waals surface area contributed by atoms with E-state index in [-0.39, 0.29) is 5.56 Å². The van der Waals surface area contributed by atoms with Crippen molar-refractivity contribution in [2.75, 3.05) is 0 Å². The molecule has 0 saturated carbocycles. The maximum atomic E-state index is 10.9. The molecule has 0 radical (unpaired) electrons. The highest BCUT2D eigenvalue weighted by Gasteiger charge is 2.10. The van der Waals surface area contributed by atoms with Crippen molar-refractivity contribution in [2.45, 2.75) is 31.0 Å².